The van der Waals surface area contributed by atoms with Gasteiger partial charge in [0.15, 0.2) is 0 Å². The van der Waals surface area contributed by atoms with Crippen molar-refractivity contribution in [2.75, 3.05) is 19.1 Å². The second-order valence-electron chi connectivity index (χ2n) is 4.69. The molecular formula is C14H19ClO. The zero-order valence-electron chi connectivity index (χ0n) is 9.57. The Bertz CT molecular complexity index is 295. The van der Waals surface area contributed by atoms with Gasteiger partial charge in [0.2, 0.25) is 0 Å². The molecule has 1 saturated carbocycles. The highest BCUT2D eigenvalue weighted by Crippen LogP contribution is 2.29. The second-order valence-corrected chi connectivity index (χ2v) is 5.00. The first kappa shape index (κ1) is 11.9. The molecule has 88 valence electrons. The molecule has 2 rings (SSSR count). The summed E-state index contributed by atoms with van der Waals surface area (Å²) in [5, 5.41) is 0. The van der Waals surface area contributed by atoms with E-state index in [1.54, 1.807) is 0 Å². The van der Waals surface area contributed by atoms with Crippen LogP contribution in [-0.4, -0.2) is 19.1 Å². The molecule has 2 heteroatoms. The van der Waals surface area contributed by atoms with Crippen molar-refractivity contribution in [2.24, 2.45) is 11.8 Å². The minimum absolute atomic E-state index is 0.447. The van der Waals surface area contributed by atoms with E-state index in [1.165, 1.54) is 18.4 Å². The Labute approximate surface area is 103 Å². The zero-order chi connectivity index (χ0) is 11.2. The highest BCUT2D eigenvalue weighted by Gasteiger charge is 2.21. The first-order chi connectivity index (χ1) is 7.88. The molecule has 1 aromatic rings. The van der Waals surface area contributed by atoms with Gasteiger partial charge in [0, 0.05) is 12.5 Å². The summed E-state index contributed by atoms with van der Waals surface area (Å²) < 4.78 is 5.70. The zero-order valence-corrected chi connectivity index (χ0v) is 10.3. The van der Waals surface area contributed by atoms with Gasteiger partial charge in [-0.2, -0.15) is 0 Å². The average Bonchev–Trinajstić information content (AvgIpc) is 3.13. The fraction of sp³-hybridized carbons (Fsp3) is 0.571. The summed E-state index contributed by atoms with van der Waals surface area (Å²) in [7, 11) is 0. The molecular weight excluding hydrogens is 220 g/mol. The van der Waals surface area contributed by atoms with Crippen molar-refractivity contribution in [3.05, 3.63) is 35.9 Å². The van der Waals surface area contributed by atoms with Gasteiger partial charge in [-0.25, -0.2) is 0 Å². The van der Waals surface area contributed by atoms with E-state index in [2.05, 4.69) is 24.3 Å². The Balaban J connectivity index is 1.71. The molecule has 0 spiro atoms. The third kappa shape index (κ3) is 4.15. The highest BCUT2D eigenvalue weighted by atomic mass is 35.5. The molecule has 0 aromatic heterocycles. The van der Waals surface area contributed by atoms with Crippen molar-refractivity contribution in [1.29, 1.82) is 0 Å². The van der Waals surface area contributed by atoms with Crippen LogP contribution < -0.4 is 0 Å². The average molecular weight is 239 g/mol. The summed E-state index contributed by atoms with van der Waals surface area (Å²) in [6, 6.07) is 10.5. The van der Waals surface area contributed by atoms with Gasteiger partial charge < -0.3 is 4.74 Å². The molecule has 1 unspecified atom stereocenters. The van der Waals surface area contributed by atoms with Crippen LogP contribution in [0.1, 0.15) is 18.4 Å². The second kappa shape index (κ2) is 6.27. The van der Waals surface area contributed by atoms with E-state index in [0.717, 1.165) is 25.6 Å². The molecule has 0 amide bonds. The van der Waals surface area contributed by atoms with Crippen LogP contribution in [0, 0.1) is 11.8 Å². The highest BCUT2D eigenvalue weighted by molar-refractivity contribution is 6.18. The van der Waals surface area contributed by atoms with Crippen LogP contribution in [0.4, 0.5) is 0 Å². The Morgan fingerprint density at radius 2 is 2.00 bits per heavy atom. The Morgan fingerprint density at radius 1 is 1.25 bits per heavy atom. The lowest BCUT2D eigenvalue weighted by atomic mass is 10.0. The van der Waals surface area contributed by atoms with E-state index in [9.17, 15) is 0 Å². The van der Waals surface area contributed by atoms with Gasteiger partial charge >= 0.3 is 0 Å². The minimum atomic E-state index is 0.447. The molecule has 16 heavy (non-hydrogen) atoms. The van der Waals surface area contributed by atoms with E-state index in [0.29, 0.717) is 11.8 Å². The fourth-order valence-corrected chi connectivity index (χ4v) is 1.99. The summed E-state index contributed by atoms with van der Waals surface area (Å²) in [5.41, 5.74) is 1.35. The third-order valence-electron chi connectivity index (χ3n) is 2.99. The quantitative estimate of drug-likeness (QED) is 0.661. The van der Waals surface area contributed by atoms with Gasteiger partial charge in [0.05, 0.1) is 6.61 Å². The van der Waals surface area contributed by atoms with Gasteiger partial charge in [-0.1, -0.05) is 30.3 Å². The number of hydrogen-bond donors (Lipinski definition) is 0. The number of ether oxygens (including phenoxy) is 1. The van der Waals surface area contributed by atoms with E-state index in [4.69, 9.17) is 16.3 Å². The van der Waals surface area contributed by atoms with Crippen molar-refractivity contribution in [2.45, 2.75) is 19.3 Å². The molecule has 0 bridgehead atoms. The summed E-state index contributed by atoms with van der Waals surface area (Å²) in [4.78, 5) is 0. The van der Waals surface area contributed by atoms with Crippen LogP contribution in [0.25, 0.3) is 0 Å². The molecule has 0 heterocycles. The van der Waals surface area contributed by atoms with Crippen molar-refractivity contribution in [3.63, 3.8) is 0 Å². The summed E-state index contributed by atoms with van der Waals surface area (Å²) in [6.45, 7) is 1.73. The van der Waals surface area contributed by atoms with Gasteiger partial charge in [-0.05, 0) is 36.7 Å². The molecule has 1 nitrogen and oxygen atoms in total. The fourth-order valence-electron chi connectivity index (χ4n) is 1.79. The van der Waals surface area contributed by atoms with Gasteiger partial charge in [0.1, 0.15) is 0 Å². The molecule has 1 fully saturated rings. The maximum absolute atomic E-state index is 5.97. The lowest BCUT2D eigenvalue weighted by molar-refractivity contribution is 0.0972. The maximum Gasteiger partial charge on any atom is 0.0509 e. The third-order valence-corrected chi connectivity index (χ3v) is 3.43. The van der Waals surface area contributed by atoms with Crippen LogP contribution in [0.5, 0.6) is 0 Å². The maximum atomic E-state index is 5.97. The summed E-state index contributed by atoms with van der Waals surface area (Å²) in [6.07, 6.45) is 3.73. The van der Waals surface area contributed by atoms with Gasteiger partial charge in [-0.15, -0.1) is 11.6 Å². The molecule has 1 atom stereocenters. The standard InChI is InChI=1S/C14H19ClO/c15-9-14(11-16-10-13-6-7-13)8-12-4-2-1-3-5-12/h1-5,13-14H,6-11H2. The topological polar surface area (TPSA) is 9.23 Å². The summed E-state index contributed by atoms with van der Waals surface area (Å²) in [5.74, 6) is 1.97. The van der Waals surface area contributed by atoms with Crippen LogP contribution in [-0.2, 0) is 11.2 Å². The lowest BCUT2D eigenvalue weighted by Crippen LogP contribution is -2.15. The first-order valence-electron chi connectivity index (χ1n) is 6.06. The van der Waals surface area contributed by atoms with Crippen LogP contribution in [0.2, 0.25) is 0 Å². The molecule has 0 aliphatic heterocycles. The molecule has 1 aliphatic rings. The van der Waals surface area contributed by atoms with E-state index in [1.807, 2.05) is 6.07 Å². The normalized spacial score (nSPS) is 17.3. The molecule has 1 aromatic carbocycles. The van der Waals surface area contributed by atoms with E-state index >= 15 is 0 Å². The number of hydrogen-bond acceptors (Lipinski definition) is 1. The molecule has 0 saturated heterocycles. The number of alkyl halides is 1. The van der Waals surface area contributed by atoms with Crippen molar-refractivity contribution < 1.29 is 4.74 Å². The van der Waals surface area contributed by atoms with E-state index in [-0.39, 0.29) is 0 Å². The van der Waals surface area contributed by atoms with Crippen molar-refractivity contribution >= 4 is 11.6 Å². The van der Waals surface area contributed by atoms with Gasteiger partial charge in [0.25, 0.3) is 0 Å². The first-order valence-corrected chi connectivity index (χ1v) is 6.59. The monoisotopic (exact) mass is 238 g/mol. The summed E-state index contributed by atoms with van der Waals surface area (Å²) >= 11 is 5.97. The molecule has 0 radical (unpaired) electrons. The van der Waals surface area contributed by atoms with Crippen LogP contribution >= 0.6 is 11.6 Å². The SMILES string of the molecule is ClCC(COCC1CC1)Cc1ccccc1. The van der Waals surface area contributed by atoms with Gasteiger partial charge in [-0.3, -0.25) is 0 Å². The van der Waals surface area contributed by atoms with E-state index < -0.39 is 0 Å². The van der Waals surface area contributed by atoms with Crippen LogP contribution in [0.3, 0.4) is 0 Å². The Morgan fingerprint density at radius 3 is 2.62 bits per heavy atom. The smallest absolute Gasteiger partial charge is 0.0509 e. The Hall–Kier alpha value is -0.530. The number of halogens is 1. The molecule has 0 N–H and O–H groups in total. The van der Waals surface area contributed by atoms with Crippen molar-refractivity contribution in [3.8, 4) is 0 Å². The van der Waals surface area contributed by atoms with Crippen LogP contribution in [0.15, 0.2) is 30.3 Å². The minimum Gasteiger partial charge on any atom is -0.381 e. The Kier molecular flexibility index (Phi) is 4.68. The molecule has 1 aliphatic carbocycles. The predicted octanol–water partition coefficient (Wildman–Crippen LogP) is 3.51. The lowest BCUT2D eigenvalue weighted by Gasteiger charge is -2.14. The predicted molar refractivity (Wildman–Crippen MR) is 67.9 cm³/mol. The number of rotatable bonds is 7. The largest absolute Gasteiger partial charge is 0.381 e. The number of benzene rings is 1. The van der Waals surface area contributed by atoms with Crippen molar-refractivity contribution in [1.82, 2.24) is 0 Å².